The Balaban J connectivity index is 2.00. The zero-order chi connectivity index (χ0) is 13.6. The maximum Gasteiger partial charge on any atom is 0.134 e. The molecular weight excluding hydrogens is 304 g/mol. The van der Waals surface area contributed by atoms with Crippen LogP contribution >= 0.6 is 15.9 Å². The van der Waals surface area contributed by atoms with E-state index in [-0.39, 0.29) is 0 Å². The van der Waals surface area contributed by atoms with Gasteiger partial charge in [-0.25, -0.2) is 0 Å². The average molecular weight is 325 g/mol. The SMILES string of the molecule is CN1CC(CN)CC1c1cc2c(c(Br)c1O)CCC2. The molecule has 0 radical (unpaired) electrons. The van der Waals surface area contributed by atoms with E-state index < -0.39 is 0 Å². The molecule has 19 heavy (non-hydrogen) atoms. The third-order valence-corrected chi connectivity index (χ3v) is 5.52. The molecule has 1 aromatic rings. The summed E-state index contributed by atoms with van der Waals surface area (Å²) in [6.07, 6.45) is 4.46. The predicted molar refractivity (Wildman–Crippen MR) is 80.4 cm³/mol. The molecule has 0 aromatic heterocycles. The van der Waals surface area contributed by atoms with Crippen LogP contribution in [0.1, 0.15) is 35.6 Å². The lowest BCUT2D eigenvalue weighted by molar-refractivity contribution is 0.305. The smallest absolute Gasteiger partial charge is 0.134 e. The summed E-state index contributed by atoms with van der Waals surface area (Å²) >= 11 is 3.59. The monoisotopic (exact) mass is 324 g/mol. The van der Waals surface area contributed by atoms with Gasteiger partial charge in [-0.15, -0.1) is 0 Å². The summed E-state index contributed by atoms with van der Waals surface area (Å²) in [5.74, 6) is 0.983. The second-order valence-corrected chi connectivity index (χ2v) is 6.71. The van der Waals surface area contributed by atoms with E-state index in [4.69, 9.17) is 5.73 Å². The quantitative estimate of drug-likeness (QED) is 0.879. The largest absolute Gasteiger partial charge is 0.506 e. The maximum atomic E-state index is 10.5. The standard InChI is InChI=1S/C15H21BrN2O/c1-18-8-9(7-17)5-13(18)12-6-10-3-2-4-11(10)14(16)15(12)19/h6,9,13,19H,2-5,7-8,17H2,1H3. The van der Waals surface area contributed by atoms with Gasteiger partial charge in [0.1, 0.15) is 5.75 Å². The zero-order valence-electron chi connectivity index (χ0n) is 11.3. The molecule has 3 rings (SSSR count). The molecule has 2 atom stereocenters. The molecule has 1 aliphatic heterocycles. The van der Waals surface area contributed by atoms with Gasteiger partial charge in [0.15, 0.2) is 0 Å². The molecule has 1 aromatic carbocycles. The number of benzene rings is 1. The van der Waals surface area contributed by atoms with Crippen LogP contribution in [0.25, 0.3) is 0 Å². The summed E-state index contributed by atoms with van der Waals surface area (Å²) in [5.41, 5.74) is 9.58. The molecule has 1 aliphatic carbocycles. The highest BCUT2D eigenvalue weighted by Gasteiger charge is 2.33. The number of phenolic OH excluding ortho intramolecular Hbond substituents is 1. The van der Waals surface area contributed by atoms with Gasteiger partial charge in [-0.05, 0) is 72.3 Å². The first-order chi connectivity index (χ1) is 9.11. The first kappa shape index (κ1) is 13.4. The molecule has 2 aliphatic rings. The van der Waals surface area contributed by atoms with Gasteiger partial charge in [-0.3, -0.25) is 4.90 Å². The lowest BCUT2D eigenvalue weighted by Gasteiger charge is -2.22. The van der Waals surface area contributed by atoms with Crippen molar-refractivity contribution in [3.8, 4) is 5.75 Å². The van der Waals surface area contributed by atoms with Crippen LogP contribution in [-0.4, -0.2) is 30.1 Å². The first-order valence-electron chi connectivity index (χ1n) is 7.05. The van der Waals surface area contributed by atoms with Crippen molar-refractivity contribution in [3.63, 3.8) is 0 Å². The van der Waals surface area contributed by atoms with Crippen LogP contribution in [0, 0.1) is 5.92 Å². The van der Waals surface area contributed by atoms with Crippen LogP contribution in [0.2, 0.25) is 0 Å². The lowest BCUT2D eigenvalue weighted by atomic mass is 9.96. The summed E-state index contributed by atoms with van der Waals surface area (Å²) in [7, 11) is 2.13. The van der Waals surface area contributed by atoms with Crippen molar-refractivity contribution in [1.82, 2.24) is 4.90 Å². The lowest BCUT2D eigenvalue weighted by Crippen LogP contribution is -2.20. The van der Waals surface area contributed by atoms with Crippen molar-refractivity contribution in [2.24, 2.45) is 11.7 Å². The summed E-state index contributed by atoms with van der Waals surface area (Å²) in [5, 5.41) is 10.5. The van der Waals surface area contributed by atoms with Crippen LogP contribution < -0.4 is 5.73 Å². The van der Waals surface area contributed by atoms with E-state index in [1.807, 2.05) is 0 Å². The number of nitrogens with two attached hydrogens (primary N) is 1. The Morgan fingerprint density at radius 2 is 2.26 bits per heavy atom. The van der Waals surface area contributed by atoms with Crippen LogP contribution in [0.4, 0.5) is 0 Å². The molecule has 4 heteroatoms. The van der Waals surface area contributed by atoms with Crippen LogP contribution in [0.3, 0.4) is 0 Å². The van der Waals surface area contributed by atoms with Crippen molar-refractivity contribution < 1.29 is 5.11 Å². The number of halogens is 1. The number of phenols is 1. The molecule has 0 amide bonds. The number of nitrogens with zero attached hydrogens (tertiary/aromatic N) is 1. The molecule has 1 heterocycles. The van der Waals surface area contributed by atoms with Gasteiger partial charge in [0, 0.05) is 18.2 Å². The first-order valence-corrected chi connectivity index (χ1v) is 7.84. The number of aromatic hydroxyl groups is 1. The van der Waals surface area contributed by atoms with Crippen molar-refractivity contribution in [2.45, 2.75) is 31.7 Å². The van der Waals surface area contributed by atoms with Gasteiger partial charge in [-0.1, -0.05) is 6.07 Å². The van der Waals surface area contributed by atoms with Gasteiger partial charge in [0.2, 0.25) is 0 Å². The Bertz CT molecular complexity index is 503. The average Bonchev–Trinajstić information content (AvgIpc) is 3.00. The fourth-order valence-corrected chi connectivity index (χ4v) is 4.28. The van der Waals surface area contributed by atoms with E-state index >= 15 is 0 Å². The van der Waals surface area contributed by atoms with E-state index in [0.29, 0.717) is 17.7 Å². The molecule has 1 saturated heterocycles. The van der Waals surface area contributed by atoms with Crippen LogP contribution in [-0.2, 0) is 12.8 Å². The van der Waals surface area contributed by atoms with Crippen molar-refractivity contribution >= 4 is 15.9 Å². The fraction of sp³-hybridized carbons (Fsp3) is 0.600. The van der Waals surface area contributed by atoms with Gasteiger partial charge in [0.25, 0.3) is 0 Å². The highest BCUT2D eigenvalue weighted by molar-refractivity contribution is 9.10. The third-order valence-electron chi connectivity index (χ3n) is 4.66. The number of fused-ring (bicyclic) bond motifs is 1. The second-order valence-electron chi connectivity index (χ2n) is 5.91. The summed E-state index contributed by atoms with van der Waals surface area (Å²) in [4.78, 5) is 2.32. The molecule has 2 unspecified atom stereocenters. The van der Waals surface area contributed by atoms with E-state index in [0.717, 1.165) is 42.4 Å². The number of likely N-dealkylation sites (tertiary alicyclic amines) is 1. The summed E-state index contributed by atoms with van der Waals surface area (Å²) in [6, 6.07) is 2.53. The molecule has 1 fully saturated rings. The molecule has 0 saturated carbocycles. The Labute approximate surface area is 122 Å². The summed E-state index contributed by atoms with van der Waals surface area (Å²) in [6.45, 7) is 1.75. The van der Waals surface area contributed by atoms with Crippen molar-refractivity contribution in [2.75, 3.05) is 20.1 Å². The molecule has 3 N–H and O–H groups in total. The van der Waals surface area contributed by atoms with E-state index in [1.54, 1.807) is 0 Å². The number of hydrogen-bond donors (Lipinski definition) is 2. The number of aryl methyl sites for hydroxylation is 1. The van der Waals surface area contributed by atoms with Gasteiger partial charge in [-0.2, -0.15) is 0 Å². The van der Waals surface area contributed by atoms with E-state index in [1.165, 1.54) is 17.5 Å². The predicted octanol–water partition coefficient (Wildman–Crippen LogP) is 2.59. The molecule has 3 nitrogen and oxygen atoms in total. The molecule has 0 spiro atoms. The van der Waals surface area contributed by atoms with Crippen LogP contribution in [0.15, 0.2) is 10.5 Å². The molecule has 0 bridgehead atoms. The highest BCUT2D eigenvalue weighted by atomic mass is 79.9. The molecular formula is C15H21BrN2O. The Hall–Kier alpha value is -0.580. The second kappa shape index (κ2) is 5.08. The minimum atomic E-state index is 0.302. The van der Waals surface area contributed by atoms with Crippen molar-refractivity contribution in [3.05, 3.63) is 27.2 Å². The van der Waals surface area contributed by atoms with Crippen LogP contribution in [0.5, 0.6) is 5.75 Å². The van der Waals surface area contributed by atoms with Gasteiger partial charge >= 0.3 is 0 Å². The highest BCUT2D eigenvalue weighted by Crippen LogP contribution is 2.45. The number of rotatable bonds is 2. The molecule has 104 valence electrons. The Morgan fingerprint density at radius 1 is 1.47 bits per heavy atom. The zero-order valence-corrected chi connectivity index (χ0v) is 12.9. The normalized spacial score (nSPS) is 26.9. The Kier molecular flexibility index (Phi) is 3.58. The van der Waals surface area contributed by atoms with Gasteiger partial charge < -0.3 is 10.8 Å². The third kappa shape index (κ3) is 2.20. The van der Waals surface area contributed by atoms with Gasteiger partial charge in [0.05, 0.1) is 4.47 Å². The Morgan fingerprint density at radius 3 is 2.95 bits per heavy atom. The number of hydrogen-bond acceptors (Lipinski definition) is 3. The fourth-order valence-electron chi connectivity index (χ4n) is 3.60. The maximum absolute atomic E-state index is 10.5. The van der Waals surface area contributed by atoms with E-state index in [2.05, 4.69) is 33.9 Å². The minimum absolute atomic E-state index is 0.302. The van der Waals surface area contributed by atoms with Crippen molar-refractivity contribution in [1.29, 1.82) is 0 Å². The topological polar surface area (TPSA) is 49.5 Å². The van der Waals surface area contributed by atoms with E-state index in [9.17, 15) is 5.11 Å². The summed E-state index contributed by atoms with van der Waals surface area (Å²) < 4.78 is 0.919. The minimum Gasteiger partial charge on any atom is -0.506 e.